The molecule has 3 amide bonds. The summed E-state index contributed by atoms with van der Waals surface area (Å²) in [5.41, 5.74) is 6.48. The van der Waals surface area contributed by atoms with Gasteiger partial charge in [0.15, 0.2) is 0 Å². The summed E-state index contributed by atoms with van der Waals surface area (Å²) >= 11 is 0. The normalized spacial score (nSPS) is 15.5. The zero-order valence-corrected chi connectivity index (χ0v) is 17.3. The summed E-state index contributed by atoms with van der Waals surface area (Å²) in [5, 5.41) is 52.7. The Labute approximate surface area is 183 Å². The predicted molar refractivity (Wildman–Crippen MR) is 109 cm³/mol. The molecule has 0 saturated heterocycles. The van der Waals surface area contributed by atoms with Crippen molar-refractivity contribution in [2.45, 2.75) is 43.6 Å². The number of hydrogen-bond acceptors (Lipinski definition) is 9. The predicted octanol–water partition coefficient (Wildman–Crippen LogP) is -3.83. The molecule has 0 aliphatic heterocycles. The molecule has 0 radical (unpaired) electrons. The van der Waals surface area contributed by atoms with E-state index in [1.807, 2.05) is 5.32 Å². The Hall–Kier alpha value is -3.26. The standard InChI is InChI=1S/C19H28N4O9/c1-9(26)15(23-16(28)12(20)6-10-2-4-11(27)5-3-10)18(30)21-13(7-24)17(29)22-14(8-25)19(31)32/h2-5,9,12-15,24-27H,6-8,20H2,1H3,(H,21,30)(H,22,29)(H,23,28)(H,31,32)/t9-,12+,13+,14+,15+/m1/s1. The van der Waals surface area contributed by atoms with Gasteiger partial charge in [-0.05, 0) is 31.0 Å². The Morgan fingerprint density at radius 3 is 1.91 bits per heavy atom. The first-order valence-electron chi connectivity index (χ1n) is 9.57. The summed E-state index contributed by atoms with van der Waals surface area (Å²) in [7, 11) is 0. The number of nitrogens with one attached hydrogen (secondary N) is 3. The molecule has 1 aromatic rings. The lowest BCUT2D eigenvalue weighted by Gasteiger charge is -2.25. The van der Waals surface area contributed by atoms with Crippen LogP contribution in [0.25, 0.3) is 0 Å². The molecule has 0 aliphatic carbocycles. The summed E-state index contributed by atoms with van der Waals surface area (Å²) < 4.78 is 0. The van der Waals surface area contributed by atoms with E-state index in [2.05, 4.69) is 10.6 Å². The number of carboxylic acids is 1. The maximum absolute atomic E-state index is 12.5. The zero-order chi connectivity index (χ0) is 24.4. The summed E-state index contributed by atoms with van der Waals surface area (Å²) in [6.45, 7) is -0.634. The summed E-state index contributed by atoms with van der Waals surface area (Å²) in [5.74, 6) is -4.40. The number of hydrogen-bond donors (Lipinski definition) is 9. The number of amides is 3. The molecule has 13 nitrogen and oxygen atoms in total. The highest BCUT2D eigenvalue weighted by atomic mass is 16.4. The molecule has 0 bridgehead atoms. The minimum absolute atomic E-state index is 0.0359. The van der Waals surface area contributed by atoms with Crippen LogP contribution in [-0.4, -0.2) is 92.7 Å². The molecule has 178 valence electrons. The van der Waals surface area contributed by atoms with Crippen molar-refractivity contribution in [1.82, 2.24) is 16.0 Å². The average molecular weight is 456 g/mol. The smallest absolute Gasteiger partial charge is 0.328 e. The number of phenols is 1. The van der Waals surface area contributed by atoms with Crippen LogP contribution in [0.3, 0.4) is 0 Å². The molecule has 1 aromatic carbocycles. The first kappa shape index (κ1) is 26.8. The van der Waals surface area contributed by atoms with E-state index in [0.717, 1.165) is 0 Å². The van der Waals surface area contributed by atoms with Crippen LogP contribution in [0.2, 0.25) is 0 Å². The Morgan fingerprint density at radius 1 is 0.906 bits per heavy atom. The molecule has 0 heterocycles. The molecule has 0 aromatic heterocycles. The monoisotopic (exact) mass is 456 g/mol. The maximum Gasteiger partial charge on any atom is 0.328 e. The number of nitrogens with two attached hydrogens (primary N) is 1. The van der Waals surface area contributed by atoms with Gasteiger partial charge in [-0.15, -0.1) is 0 Å². The molecule has 0 fully saturated rings. The Morgan fingerprint density at radius 2 is 1.44 bits per heavy atom. The molecule has 0 spiro atoms. The van der Waals surface area contributed by atoms with Gasteiger partial charge in [-0.2, -0.15) is 0 Å². The molecular formula is C19H28N4O9. The number of aliphatic hydroxyl groups is 3. The number of carboxylic acid groups (broad SMARTS) is 1. The van der Waals surface area contributed by atoms with Crippen LogP contribution in [-0.2, 0) is 25.6 Å². The van der Waals surface area contributed by atoms with Crippen LogP contribution in [0.1, 0.15) is 12.5 Å². The van der Waals surface area contributed by atoms with Gasteiger partial charge in [-0.25, -0.2) is 4.79 Å². The van der Waals surface area contributed by atoms with Gasteiger partial charge >= 0.3 is 5.97 Å². The van der Waals surface area contributed by atoms with Gasteiger partial charge in [-0.3, -0.25) is 14.4 Å². The molecule has 10 N–H and O–H groups in total. The van der Waals surface area contributed by atoms with Gasteiger partial charge in [0, 0.05) is 0 Å². The van der Waals surface area contributed by atoms with Gasteiger partial charge in [0.1, 0.15) is 23.9 Å². The fourth-order valence-electron chi connectivity index (χ4n) is 2.56. The van der Waals surface area contributed by atoms with Crippen molar-refractivity contribution in [3.05, 3.63) is 29.8 Å². The van der Waals surface area contributed by atoms with Crippen molar-refractivity contribution in [1.29, 1.82) is 0 Å². The van der Waals surface area contributed by atoms with E-state index in [-0.39, 0.29) is 12.2 Å². The quantitative estimate of drug-likeness (QED) is 0.149. The van der Waals surface area contributed by atoms with Crippen LogP contribution in [0, 0.1) is 0 Å². The largest absolute Gasteiger partial charge is 0.508 e. The number of aliphatic hydroxyl groups excluding tert-OH is 3. The summed E-state index contributed by atoms with van der Waals surface area (Å²) in [6, 6.07) is 0.0359. The van der Waals surface area contributed by atoms with E-state index in [9.17, 15) is 34.5 Å². The lowest BCUT2D eigenvalue weighted by Crippen LogP contribution is -2.60. The van der Waals surface area contributed by atoms with Crippen LogP contribution in [0.5, 0.6) is 5.75 Å². The molecule has 32 heavy (non-hydrogen) atoms. The fourth-order valence-corrected chi connectivity index (χ4v) is 2.56. The molecule has 0 unspecified atom stereocenters. The Bertz CT molecular complexity index is 800. The SMILES string of the molecule is C[C@@H](O)[C@H](NC(=O)[C@@H](N)Cc1ccc(O)cc1)C(=O)N[C@@H](CO)C(=O)N[C@@H](CO)C(=O)O. The number of phenolic OH excluding ortho intramolecular Hbond substituents is 1. The third-order valence-corrected chi connectivity index (χ3v) is 4.40. The van der Waals surface area contributed by atoms with E-state index < -0.39 is 67.2 Å². The third kappa shape index (κ3) is 8.11. The van der Waals surface area contributed by atoms with Gasteiger partial charge < -0.3 is 47.2 Å². The van der Waals surface area contributed by atoms with E-state index in [4.69, 9.17) is 15.9 Å². The average Bonchev–Trinajstić information content (AvgIpc) is 2.74. The van der Waals surface area contributed by atoms with Crippen molar-refractivity contribution >= 4 is 23.7 Å². The van der Waals surface area contributed by atoms with Crippen LogP contribution >= 0.6 is 0 Å². The number of rotatable bonds is 12. The molecule has 0 saturated carbocycles. The van der Waals surface area contributed by atoms with E-state index in [0.29, 0.717) is 5.56 Å². The van der Waals surface area contributed by atoms with E-state index in [1.165, 1.54) is 19.1 Å². The highest BCUT2D eigenvalue weighted by Gasteiger charge is 2.32. The number of aliphatic carboxylic acids is 1. The minimum atomic E-state index is -1.65. The van der Waals surface area contributed by atoms with Crippen molar-refractivity contribution in [2.24, 2.45) is 5.73 Å². The third-order valence-electron chi connectivity index (χ3n) is 4.40. The fraction of sp³-hybridized carbons (Fsp3) is 0.474. The van der Waals surface area contributed by atoms with Crippen molar-refractivity contribution in [3.63, 3.8) is 0 Å². The molecule has 13 heteroatoms. The van der Waals surface area contributed by atoms with Crippen LogP contribution in [0.15, 0.2) is 24.3 Å². The zero-order valence-electron chi connectivity index (χ0n) is 17.3. The van der Waals surface area contributed by atoms with Crippen LogP contribution in [0.4, 0.5) is 0 Å². The van der Waals surface area contributed by atoms with Gasteiger partial charge in [-0.1, -0.05) is 12.1 Å². The summed E-state index contributed by atoms with van der Waals surface area (Å²) in [4.78, 5) is 47.9. The molecular weight excluding hydrogens is 428 g/mol. The molecule has 5 atom stereocenters. The second-order valence-electron chi connectivity index (χ2n) is 7.03. The van der Waals surface area contributed by atoms with Crippen molar-refractivity contribution in [2.75, 3.05) is 13.2 Å². The van der Waals surface area contributed by atoms with Gasteiger partial charge in [0.25, 0.3) is 0 Å². The lowest BCUT2D eigenvalue weighted by molar-refractivity contribution is -0.143. The van der Waals surface area contributed by atoms with E-state index in [1.54, 1.807) is 12.1 Å². The number of carbonyl (C=O) groups is 4. The topological polar surface area (TPSA) is 232 Å². The van der Waals surface area contributed by atoms with Gasteiger partial charge in [0.05, 0.1) is 25.4 Å². The summed E-state index contributed by atoms with van der Waals surface area (Å²) in [6.07, 6.45) is -1.34. The van der Waals surface area contributed by atoms with Crippen molar-refractivity contribution in [3.8, 4) is 5.75 Å². The Kier molecular flexibility index (Phi) is 10.5. The highest BCUT2D eigenvalue weighted by Crippen LogP contribution is 2.11. The number of carbonyl (C=O) groups excluding carboxylic acids is 3. The Balaban J connectivity index is 2.78. The second-order valence-corrected chi connectivity index (χ2v) is 7.03. The van der Waals surface area contributed by atoms with Crippen LogP contribution < -0.4 is 21.7 Å². The molecule has 0 aliphatic rings. The van der Waals surface area contributed by atoms with E-state index >= 15 is 0 Å². The lowest BCUT2D eigenvalue weighted by atomic mass is 10.0. The van der Waals surface area contributed by atoms with Crippen molar-refractivity contribution < 1.29 is 44.7 Å². The first-order chi connectivity index (χ1) is 15.0. The molecule has 1 rings (SSSR count). The minimum Gasteiger partial charge on any atom is -0.508 e. The first-order valence-corrected chi connectivity index (χ1v) is 9.57. The second kappa shape index (κ2) is 12.6. The number of aromatic hydroxyl groups is 1. The van der Waals surface area contributed by atoms with Gasteiger partial charge in [0.2, 0.25) is 17.7 Å². The number of benzene rings is 1. The highest BCUT2D eigenvalue weighted by molar-refractivity contribution is 5.94. The maximum atomic E-state index is 12.5.